The molecule has 2 rings (SSSR count). The zero-order valence-corrected chi connectivity index (χ0v) is 11.0. The van der Waals surface area contributed by atoms with Crippen LogP contribution in [0.25, 0.3) is 11.3 Å². The Morgan fingerprint density at radius 1 is 1.20 bits per heavy atom. The molecule has 1 heterocycles. The molecule has 0 aliphatic carbocycles. The number of hydrogen-bond donors (Lipinski definition) is 0. The van der Waals surface area contributed by atoms with E-state index in [9.17, 15) is 22.0 Å². The maximum Gasteiger partial charge on any atom is 0.434 e. The van der Waals surface area contributed by atoms with Gasteiger partial charge in [-0.1, -0.05) is 11.6 Å². The van der Waals surface area contributed by atoms with Crippen LogP contribution in [-0.4, -0.2) is 9.78 Å². The molecule has 0 aliphatic heterocycles. The Labute approximate surface area is 119 Å². The quantitative estimate of drug-likeness (QED) is 0.576. The van der Waals surface area contributed by atoms with Crippen molar-refractivity contribution < 1.29 is 22.0 Å². The van der Waals surface area contributed by atoms with Crippen LogP contribution in [0.4, 0.5) is 22.0 Å². The molecule has 2 aromatic rings. The third-order valence-corrected chi connectivity index (χ3v) is 3.05. The van der Waals surface area contributed by atoms with Gasteiger partial charge in [0.15, 0.2) is 5.69 Å². The fourth-order valence-corrected chi connectivity index (χ4v) is 2.17. The molecule has 9 heteroatoms. The zero-order chi connectivity index (χ0) is 15.1. The largest absolute Gasteiger partial charge is 0.434 e. The van der Waals surface area contributed by atoms with Gasteiger partial charge < -0.3 is 0 Å². The first-order valence-corrected chi connectivity index (χ1v) is 6.02. The molecular weight excluding hydrogens is 326 g/mol. The Morgan fingerprint density at radius 2 is 1.85 bits per heavy atom. The normalized spacial score (nSPS) is 11.9. The molecule has 0 amide bonds. The van der Waals surface area contributed by atoms with Crippen LogP contribution in [0.5, 0.6) is 0 Å². The Balaban J connectivity index is 2.67. The summed E-state index contributed by atoms with van der Waals surface area (Å²) in [7, 11) is 0. The van der Waals surface area contributed by atoms with Crippen molar-refractivity contribution in [1.82, 2.24) is 9.78 Å². The van der Waals surface area contributed by atoms with E-state index >= 15 is 0 Å². The van der Waals surface area contributed by atoms with Gasteiger partial charge in [-0.3, -0.25) is 0 Å². The summed E-state index contributed by atoms with van der Waals surface area (Å²) in [6.07, 6.45) is -4.80. The van der Waals surface area contributed by atoms with Crippen molar-refractivity contribution in [3.05, 3.63) is 40.6 Å². The Hall–Kier alpha value is -1.34. The van der Waals surface area contributed by atoms with Crippen LogP contribution in [-0.2, 0) is 12.2 Å². The van der Waals surface area contributed by atoms with E-state index in [2.05, 4.69) is 5.10 Å². The van der Waals surface area contributed by atoms with Crippen molar-refractivity contribution in [2.45, 2.75) is 12.2 Å². The van der Waals surface area contributed by atoms with Gasteiger partial charge in [0.25, 0.3) is 0 Å². The second-order valence-electron chi connectivity index (χ2n) is 3.75. The average Bonchev–Trinajstić information content (AvgIpc) is 2.66. The molecule has 1 aromatic heterocycles. The van der Waals surface area contributed by atoms with Crippen molar-refractivity contribution in [2.75, 3.05) is 0 Å². The predicted octanol–water partition coefficient (Wildman–Crippen LogP) is 4.70. The van der Waals surface area contributed by atoms with Crippen LogP contribution in [0.2, 0.25) is 5.02 Å². The van der Waals surface area contributed by atoms with Crippen molar-refractivity contribution in [3.8, 4) is 11.3 Å². The minimum Gasteiger partial charge on any atom is -0.243 e. The fourth-order valence-electron chi connectivity index (χ4n) is 1.65. The monoisotopic (exact) mass is 330 g/mol. The summed E-state index contributed by atoms with van der Waals surface area (Å²) in [6, 6.07) is 1.76. The molecule has 2 nitrogen and oxygen atoms in total. The van der Waals surface area contributed by atoms with Crippen LogP contribution >= 0.6 is 23.2 Å². The summed E-state index contributed by atoms with van der Waals surface area (Å²) in [5, 5.41) is 2.74. The van der Waals surface area contributed by atoms with Crippen LogP contribution in [0.3, 0.4) is 0 Å². The van der Waals surface area contributed by atoms with Gasteiger partial charge in [-0.15, -0.1) is 11.6 Å². The molecule has 108 valence electrons. The van der Waals surface area contributed by atoms with Crippen molar-refractivity contribution in [1.29, 1.82) is 0 Å². The predicted molar refractivity (Wildman–Crippen MR) is 63.4 cm³/mol. The molecule has 0 atom stereocenters. The van der Waals surface area contributed by atoms with E-state index < -0.39 is 40.2 Å². The number of benzene rings is 1. The molecule has 0 unspecified atom stereocenters. The molecule has 0 aliphatic rings. The maximum atomic E-state index is 13.6. The van der Waals surface area contributed by atoms with Crippen LogP contribution in [0, 0.1) is 11.6 Å². The summed E-state index contributed by atoms with van der Waals surface area (Å²) in [6.45, 7) is 0. The molecule has 0 spiro atoms. The van der Waals surface area contributed by atoms with Gasteiger partial charge in [0.1, 0.15) is 23.3 Å². The SMILES string of the molecule is Fc1ccc(-c2nn(CCl)c(C(F)(F)F)c2Cl)c(F)c1. The molecule has 0 bridgehead atoms. The van der Waals surface area contributed by atoms with Gasteiger partial charge in [0.2, 0.25) is 0 Å². The van der Waals surface area contributed by atoms with E-state index in [1.54, 1.807) is 0 Å². The molecule has 0 saturated heterocycles. The van der Waals surface area contributed by atoms with Crippen LogP contribution < -0.4 is 0 Å². The summed E-state index contributed by atoms with van der Waals surface area (Å²) in [5.74, 6) is -1.94. The van der Waals surface area contributed by atoms with Gasteiger partial charge in [-0.05, 0) is 12.1 Å². The number of rotatable bonds is 2. The van der Waals surface area contributed by atoms with E-state index in [-0.39, 0.29) is 5.56 Å². The first-order valence-electron chi connectivity index (χ1n) is 5.10. The highest BCUT2D eigenvalue weighted by Crippen LogP contribution is 2.40. The molecule has 1 aromatic carbocycles. The van der Waals surface area contributed by atoms with Gasteiger partial charge in [-0.2, -0.15) is 18.3 Å². The molecule has 0 N–H and O–H groups in total. The highest BCUT2D eigenvalue weighted by Gasteiger charge is 2.40. The number of alkyl halides is 4. The third-order valence-electron chi connectivity index (χ3n) is 2.46. The van der Waals surface area contributed by atoms with Crippen LogP contribution in [0.1, 0.15) is 5.69 Å². The second-order valence-corrected chi connectivity index (χ2v) is 4.37. The lowest BCUT2D eigenvalue weighted by Crippen LogP contribution is -2.13. The van der Waals surface area contributed by atoms with Crippen LogP contribution in [0.15, 0.2) is 18.2 Å². The number of hydrogen-bond acceptors (Lipinski definition) is 1. The van der Waals surface area contributed by atoms with E-state index in [0.29, 0.717) is 10.7 Å². The number of aromatic nitrogens is 2. The maximum absolute atomic E-state index is 13.6. The van der Waals surface area contributed by atoms with Gasteiger partial charge in [-0.25, -0.2) is 13.5 Å². The van der Waals surface area contributed by atoms with Gasteiger partial charge in [0, 0.05) is 11.6 Å². The van der Waals surface area contributed by atoms with E-state index in [1.165, 1.54) is 0 Å². The zero-order valence-electron chi connectivity index (χ0n) is 9.48. The number of nitrogens with zero attached hydrogens (tertiary/aromatic N) is 2. The minimum atomic E-state index is -4.80. The lowest BCUT2D eigenvalue weighted by atomic mass is 10.1. The van der Waals surface area contributed by atoms with E-state index in [1.807, 2.05) is 0 Å². The topological polar surface area (TPSA) is 17.8 Å². The van der Waals surface area contributed by atoms with E-state index in [0.717, 1.165) is 12.1 Å². The third kappa shape index (κ3) is 2.60. The lowest BCUT2D eigenvalue weighted by Gasteiger charge is -2.07. The molecule has 20 heavy (non-hydrogen) atoms. The fraction of sp³-hybridized carbons (Fsp3) is 0.182. The molecule has 0 fully saturated rings. The smallest absolute Gasteiger partial charge is 0.243 e. The van der Waals surface area contributed by atoms with E-state index in [4.69, 9.17) is 23.2 Å². The highest BCUT2D eigenvalue weighted by molar-refractivity contribution is 6.33. The average molecular weight is 331 g/mol. The summed E-state index contributed by atoms with van der Waals surface area (Å²) < 4.78 is 65.3. The van der Waals surface area contributed by atoms with Gasteiger partial charge >= 0.3 is 6.18 Å². The second kappa shape index (κ2) is 5.21. The number of halogens is 7. The summed E-state index contributed by atoms with van der Waals surface area (Å²) in [4.78, 5) is 0. The first kappa shape index (κ1) is 15.1. The first-order chi connectivity index (χ1) is 9.25. The van der Waals surface area contributed by atoms with Crippen molar-refractivity contribution in [2.24, 2.45) is 0 Å². The minimum absolute atomic E-state index is 0.342. The Morgan fingerprint density at radius 3 is 2.30 bits per heavy atom. The van der Waals surface area contributed by atoms with Gasteiger partial charge in [0.05, 0.1) is 5.02 Å². The Kier molecular flexibility index (Phi) is 3.93. The summed E-state index contributed by atoms with van der Waals surface area (Å²) >= 11 is 11.0. The van der Waals surface area contributed by atoms with Crippen molar-refractivity contribution >= 4 is 23.2 Å². The summed E-state index contributed by atoms with van der Waals surface area (Å²) in [5.41, 5.74) is -2.07. The lowest BCUT2D eigenvalue weighted by molar-refractivity contribution is -0.143. The molecule has 0 saturated carbocycles. The molecule has 0 radical (unpaired) electrons. The Bertz CT molecular complexity index is 651. The molecular formula is C11H5Cl2F5N2. The van der Waals surface area contributed by atoms with Crippen molar-refractivity contribution in [3.63, 3.8) is 0 Å². The highest BCUT2D eigenvalue weighted by atomic mass is 35.5. The standard InChI is InChI=1S/C11H5Cl2F5N2/c12-4-20-10(11(16,17)18)8(13)9(19-20)6-2-1-5(14)3-7(6)15/h1-3H,4H2.